The molecular weight excluding hydrogens is 398 g/mol. The molecule has 31 heavy (non-hydrogen) atoms. The van der Waals surface area contributed by atoms with Gasteiger partial charge in [-0.15, -0.1) is 5.10 Å². The van der Waals surface area contributed by atoms with Gasteiger partial charge < -0.3 is 10.1 Å². The number of carbonyl (C=O) groups excluding carboxylic acids is 3. The molecule has 3 aromatic rings. The number of ether oxygens (including phenoxy) is 1. The second-order valence-corrected chi connectivity index (χ2v) is 8.17. The minimum Gasteiger partial charge on any atom is -0.449 e. The van der Waals surface area contributed by atoms with Gasteiger partial charge in [0.25, 0.3) is 5.91 Å². The Balaban J connectivity index is 1.57. The smallest absolute Gasteiger partial charge is 0.338 e. The molecule has 0 fully saturated rings. The first-order valence-corrected chi connectivity index (χ1v) is 9.83. The number of aromatic nitrogens is 3. The summed E-state index contributed by atoms with van der Waals surface area (Å²) in [6.07, 6.45) is -1.13. The van der Waals surface area contributed by atoms with Crippen molar-refractivity contribution in [2.75, 3.05) is 0 Å². The number of esters is 1. The van der Waals surface area contributed by atoms with E-state index in [0.29, 0.717) is 12.1 Å². The average molecular weight is 423 g/mol. The summed E-state index contributed by atoms with van der Waals surface area (Å²) in [5, 5.41) is 13.0. The quantitative estimate of drug-likeness (QED) is 0.610. The van der Waals surface area contributed by atoms with E-state index in [2.05, 4.69) is 20.9 Å². The monoisotopic (exact) mass is 423 g/mol. The van der Waals surface area contributed by atoms with E-state index in [1.54, 1.807) is 49.7 Å². The largest absolute Gasteiger partial charge is 0.449 e. The van der Waals surface area contributed by atoms with Crippen LogP contribution < -0.4 is 10.6 Å². The molecule has 2 aromatic carbocycles. The van der Waals surface area contributed by atoms with Crippen LogP contribution in [0.25, 0.3) is 11.0 Å². The topological polar surface area (TPSA) is 115 Å². The summed E-state index contributed by atoms with van der Waals surface area (Å²) in [6.45, 7) is 7.26. The van der Waals surface area contributed by atoms with Gasteiger partial charge in [0.05, 0.1) is 17.6 Å². The van der Waals surface area contributed by atoms with Crippen LogP contribution in [0.2, 0.25) is 0 Å². The summed E-state index contributed by atoms with van der Waals surface area (Å²) < 4.78 is 6.95. The van der Waals surface area contributed by atoms with Crippen molar-refractivity contribution in [3.63, 3.8) is 0 Å². The number of imide groups is 1. The Morgan fingerprint density at radius 1 is 1.06 bits per heavy atom. The van der Waals surface area contributed by atoms with E-state index in [1.165, 1.54) is 6.92 Å². The van der Waals surface area contributed by atoms with Gasteiger partial charge in [0.1, 0.15) is 5.52 Å². The van der Waals surface area contributed by atoms with Gasteiger partial charge in [-0.1, -0.05) is 29.5 Å². The highest BCUT2D eigenvalue weighted by Crippen LogP contribution is 2.13. The minimum absolute atomic E-state index is 0.297. The lowest BCUT2D eigenvalue weighted by atomic mass is 10.1. The number of rotatable bonds is 5. The van der Waals surface area contributed by atoms with Gasteiger partial charge in [0, 0.05) is 5.54 Å². The number of hydrogen-bond acceptors (Lipinski definition) is 6. The first-order chi connectivity index (χ1) is 14.6. The zero-order chi connectivity index (χ0) is 22.6. The van der Waals surface area contributed by atoms with E-state index in [1.807, 2.05) is 24.3 Å². The summed E-state index contributed by atoms with van der Waals surface area (Å²) in [6, 6.07) is 13.8. The standard InChI is InChI=1S/C22H25N5O4/c1-14(19(28)23-21(30)24-22(2,3)4)31-20(29)16-11-9-15(10-12-16)13-27-18-8-6-5-7-17(18)25-26-27/h5-12,14H,13H2,1-4H3,(H2,23,24,28,30)/t14-/m0/s1. The minimum atomic E-state index is -1.13. The molecule has 2 N–H and O–H groups in total. The third kappa shape index (κ3) is 5.88. The van der Waals surface area contributed by atoms with Gasteiger partial charge in [-0.3, -0.25) is 10.1 Å². The lowest BCUT2D eigenvalue weighted by molar-refractivity contribution is -0.127. The summed E-state index contributed by atoms with van der Waals surface area (Å²) in [5.74, 6) is -1.36. The van der Waals surface area contributed by atoms with E-state index in [-0.39, 0.29) is 0 Å². The second kappa shape index (κ2) is 8.95. The molecule has 0 bridgehead atoms. The van der Waals surface area contributed by atoms with Crippen LogP contribution in [0.4, 0.5) is 4.79 Å². The number of benzene rings is 2. The molecule has 1 aromatic heterocycles. The fraction of sp³-hybridized carbons (Fsp3) is 0.318. The Morgan fingerprint density at radius 2 is 1.74 bits per heavy atom. The molecule has 0 unspecified atom stereocenters. The second-order valence-electron chi connectivity index (χ2n) is 8.17. The van der Waals surface area contributed by atoms with E-state index >= 15 is 0 Å². The van der Waals surface area contributed by atoms with Crippen LogP contribution >= 0.6 is 0 Å². The van der Waals surface area contributed by atoms with E-state index < -0.39 is 29.6 Å². The van der Waals surface area contributed by atoms with E-state index in [9.17, 15) is 14.4 Å². The molecule has 0 saturated heterocycles. The lowest BCUT2D eigenvalue weighted by Crippen LogP contribution is -2.50. The molecule has 1 atom stereocenters. The number of carbonyl (C=O) groups is 3. The SMILES string of the molecule is C[C@H](OC(=O)c1ccc(Cn2nnc3ccccc32)cc1)C(=O)NC(=O)NC(C)(C)C. The molecule has 9 heteroatoms. The van der Waals surface area contributed by atoms with Crippen LogP contribution in [0.1, 0.15) is 43.6 Å². The first kappa shape index (κ1) is 21.9. The van der Waals surface area contributed by atoms with Crippen molar-refractivity contribution in [3.8, 4) is 0 Å². The van der Waals surface area contributed by atoms with Crippen LogP contribution in [0.3, 0.4) is 0 Å². The molecule has 0 saturated carbocycles. The molecule has 0 aliphatic carbocycles. The molecule has 3 amide bonds. The maximum Gasteiger partial charge on any atom is 0.338 e. The highest BCUT2D eigenvalue weighted by molar-refractivity contribution is 5.98. The Kier molecular flexibility index (Phi) is 6.33. The molecule has 1 heterocycles. The van der Waals surface area contributed by atoms with Gasteiger partial charge in [-0.25, -0.2) is 14.3 Å². The Bertz CT molecular complexity index is 1100. The van der Waals surface area contributed by atoms with Gasteiger partial charge in [0.15, 0.2) is 6.10 Å². The van der Waals surface area contributed by atoms with Gasteiger partial charge in [-0.2, -0.15) is 0 Å². The summed E-state index contributed by atoms with van der Waals surface area (Å²) in [4.78, 5) is 36.2. The highest BCUT2D eigenvalue weighted by atomic mass is 16.5. The van der Waals surface area contributed by atoms with Crippen LogP contribution in [-0.4, -0.2) is 44.5 Å². The fourth-order valence-electron chi connectivity index (χ4n) is 2.82. The zero-order valence-corrected chi connectivity index (χ0v) is 17.9. The van der Waals surface area contributed by atoms with Crippen molar-refractivity contribution in [3.05, 3.63) is 59.7 Å². The van der Waals surface area contributed by atoms with Crippen molar-refractivity contribution in [2.24, 2.45) is 0 Å². The summed E-state index contributed by atoms with van der Waals surface area (Å²) in [7, 11) is 0. The van der Waals surface area contributed by atoms with Crippen molar-refractivity contribution < 1.29 is 19.1 Å². The maximum atomic E-state index is 12.3. The number of nitrogens with zero attached hydrogens (tertiary/aromatic N) is 3. The Labute approximate surface area is 179 Å². The molecular formula is C22H25N5O4. The zero-order valence-electron chi connectivity index (χ0n) is 17.9. The number of fused-ring (bicyclic) bond motifs is 1. The lowest BCUT2D eigenvalue weighted by Gasteiger charge is -2.21. The molecule has 3 rings (SSSR count). The van der Waals surface area contributed by atoms with Crippen LogP contribution in [0.15, 0.2) is 48.5 Å². The van der Waals surface area contributed by atoms with Crippen molar-refractivity contribution >= 4 is 28.9 Å². The third-order valence-electron chi connectivity index (χ3n) is 4.32. The molecule has 162 valence electrons. The Morgan fingerprint density at radius 3 is 2.42 bits per heavy atom. The number of para-hydroxylation sites is 1. The maximum absolute atomic E-state index is 12.3. The highest BCUT2D eigenvalue weighted by Gasteiger charge is 2.22. The predicted molar refractivity (Wildman–Crippen MR) is 114 cm³/mol. The molecule has 0 aliphatic heterocycles. The van der Waals surface area contributed by atoms with Gasteiger partial charge >= 0.3 is 12.0 Å². The number of amides is 3. The van der Waals surface area contributed by atoms with Gasteiger partial charge in [0.2, 0.25) is 0 Å². The summed E-state index contributed by atoms with van der Waals surface area (Å²) in [5.41, 5.74) is 2.46. The molecule has 0 aliphatic rings. The average Bonchev–Trinajstić information content (AvgIpc) is 3.10. The third-order valence-corrected chi connectivity index (χ3v) is 4.32. The van der Waals surface area contributed by atoms with E-state index in [4.69, 9.17) is 4.74 Å². The molecule has 0 spiro atoms. The van der Waals surface area contributed by atoms with Crippen molar-refractivity contribution in [2.45, 2.75) is 45.9 Å². The fourth-order valence-corrected chi connectivity index (χ4v) is 2.82. The number of urea groups is 1. The molecule has 9 nitrogen and oxygen atoms in total. The predicted octanol–water partition coefficient (Wildman–Crippen LogP) is 2.65. The summed E-state index contributed by atoms with van der Waals surface area (Å²) >= 11 is 0. The number of hydrogen-bond donors (Lipinski definition) is 2. The van der Waals surface area contributed by atoms with Crippen LogP contribution in [0.5, 0.6) is 0 Å². The van der Waals surface area contributed by atoms with E-state index in [0.717, 1.165) is 16.6 Å². The van der Waals surface area contributed by atoms with Gasteiger partial charge in [-0.05, 0) is 57.5 Å². The first-order valence-electron chi connectivity index (χ1n) is 9.83. The Hall–Kier alpha value is -3.75. The normalized spacial score (nSPS) is 12.3. The van der Waals surface area contributed by atoms with Crippen molar-refractivity contribution in [1.82, 2.24) is 25.6 Å². The number of nitrogens with one attached hydrogen (secondary N) is 2. The van der Waals surface area contributed by atoms with Crippen LogP contribution in [-0.2, 0) is 16.1 Å². The van der Waals surface area contributed by atoms with Crippen molar-refractivity contribution in [1.29, 1.82) is 0 Å². The molecule has 0 radical (unpaired) electrons. The van der Waals surface area contributed by atoms with Crippen LogP contribution in [0, 0.1) is 0 Å².